The van der Waals surface area contributed by atoms with E-state index in [0.29, 0.717) is 25.1 Å². The molecule has 3 aliphatic heterocycles. The van der Waals surface area contributed by atoms with Crippen molar-refractivity contribution in [3.05, 3.63) is 0 Å². The van der Waals surface area contributed by atoms with Crippen LogP contribution in [0.4, 0.5) is 4.79 Å². The highest BCUT2D eigenvalue weighted by Crippen LogP contribution is 2.43. The maximum absolute atomic E-state index is 14.3. The molecule has 276 valence electrons. The smallest absolute Gasteiger partial charge is 0.410 e. The second-order valence-corrected chi connectivity index (χ2v) is 14.5. The van der Waals surface area contributed by atoms with Gasteiger partial charge in [0.2, 0.25) is 0 Å². The van der Waals surface area contributed by atoms with Gasteiger partial charge in [-0.2, -0.15) is 0 Å². The Balaban J connectivity index is 2.21. The fourth-order valence-electron chi connectivity index (χ4n) is 8.34. The third-order valence-corrected chi connectivity index (χ3v) is 11.0. The van der Waals surface area contributed by atoms with Crippen molar-refractivity contribution in [3.8, 4) is 0 Å². The molecule has 13 heteroatoms. The van der Waals surface area contributed by atoms with Gasteiger partial charge in [0, 0.05) is 44.6 Å². The van der Waals surface area contributed by atoms with Gasteiger partial charge in [-0.1, -0.05) is 32.9 Å². The van der Waals surface area contributed by atoms with Crippen LogP contribution in [0.15, 0.2) is 5.16 Å². The summed E-state index contributed by atoms with van der Waals surface area (Å²) in [6, 6.07) is -0.560. The summed E-state index contributed by atoms with van der Waals surface area (Å²) in [5.41, 5.74) is -1.65. The number of Topliss-reactive ketones (excluding diaryl/α,β-unsaturated/α-hetero) is 1. The van der Waals surface area contributed by atoms with Crippen LogP contribution in [-0.4, -0.2) is 129 Å². The molecule has 1 amide bonds. The summed E-state index contributed by atoms with van der Waals surface area (Å²) in [6.07, 6.45) is -2.18. The lowest BCUT2D eigenvalue weighted by Gasteiger charge is -2.48. The van der Waals surface area contributed by atoms with Crippen molar-refractivity contribution in [1.29, 1.82) is 0 Å². The highest BCUT2D eigenvalue weighted by atomic mass is 16.7. The average Bonchev–Trinajstić information content (AvgIpc) is 3.31. The van der Waals surface area contributed by atoms with Crippen LogP contribution in [0.1, 0.15) is 81.6 Å². The average molecular weight is 684 g/mol. The Morgan fingerprint density at radius 2 is 1.65 bits per heavy atom. The number of nitrogens with zero attached hydrogens (tertiary/aromatic N) is 3. The predicted octanol–water partition coefficient (Wildman–Crippen LogP) is 4.30. The summed E-state index contributed by atoms with van der Waals surface area (Å²) < 4.78 is 37.6. The molecule has 3 heterocycles. The van der Waals surface area contributed by atoms with Crippen LogP contribution in [0.2, 0.25) is 0 Å². The Bertz CT molecular complexity index is 1170. The Morgan fingerprint density at radius 3 is 2.17 bits per heavy atom. The molecule has 13 nitrogen and oxygen atoms in total. The molecular formula is C35H61N3O10. The van der Waals surface area contributed by atoms with Gasteiger partial charge >= 0.3 is 12.1 Å². The van der Waals surface area contributed by atoms with Crippen LogP contribution < -0.4 is 0 Å². The minimum atomic E-state index is -1.23. The van der Waals surface area contributed by atoms with Gasteiger partial charge in [-0.05, 0) is 68.0 Å². The number of ketones is 1. The van der Waals surface area contributed by atoms with Crippen LogP contribution in [0, 0.1) is 23.7 Å². The minimum Gasteiger partial charge on any atom is -0.458 e. The molecule has 48 heavy (non-hydrogen) atoms. The first-order valence-corrected chi connectivity index (χ1v) is 17.4. The molecule has 0 radical (unpaired) electrons. The molecule has 0 aromatic carbocycles. The number of esters is 1. The first-order chi connectivity index (χ1) is 22.5. The maximum atomic E-state index is 14.3. The van der Waals surface area contributed by atoms with E-state index < -0.39 is 65.7 Å². The lowest BCUT2D eigenvalue weighted by Crippen LogP contribution is -2.60. The number of hydrogen-bond donors (Lipinski definition) is 0. The number of cyclic esters (lactones) is 1. The summed E-state index contributed by atoms with van der Waals surface area (Å²) in [4.78, 5) is 50.5. The number of carbonyl (C=O) groups is 3. The van der Waals surface area contributed by atoms with Crippen molar-refractivity contribution >= 4 is 23.6 Å². The number of likely N-dealkylation sites (N-methyl/N-ethyl adjacent to an activating group) is 2. The number of carbonyl (C=O) groups excluding carboxylic acids is 3. The molecule has 13 atom stereocenters. The topological polar surface area (TPSA) is 135 Å². The van der Waals surface area contributed by atoms with Gasteiger partial charge in [0.15, 0.2) is 17.7 Å². The van der Waals surface area contributed by atoms with Gasteiger partial charge in [-0.25, -0.2) is 4.79 Å². The van der Waals surface area contributed by atoms with Crippen molar-refractivity contribution in [1.82, 2.24) is 9.80 Å². The predicted molar refractivity (Wildman–Crippen MR) is 179 cm³/mol. The van der Waals surface area contributed by atoms with Crippen molar-refractivity contribution in [2.45, 2.75) is 136 Å². The zero-order chi connectivity index (χ0) is 36.3. The molecule has 3 rings (SSSR count). The molecule has 3 saturated heterocycles. The molecular weight excluding hydrogens is 622 g/mol. The van der Waals surface area contributed by atoms with Gasteiger partial charge in [0.25, 0.3) is 0 Å². The molecule has 0 aromatic heterocycles. The monoisotopic (exact) mass is 683 g/mol. The fourth-order valence-corrected chi connectivity index (χ4v) is 8.34. The number of ether oxygens (including phenoxy) is 6. The van der Waals surface area contributed by atoms with Crippen molar-refractivity contribution in [2.24, 2.45) is 28.8 Å². The quantitative estimate of drug-likeness (QED) is 0.206. The third kappa shape index (κ3) is 7.70. The number of amides is 1. The normalized spacial score (nSPS) is 42.7. The van der Waals surface area contributed by atoms with E-state index in [0.717, 1.165) is 6.42 Å². The van der Waals surface area contributed by atoms with Crippen LogP contribution in [0.5, 0.6) is 0 Å². The second-order valence-electron chi connectivity index (χ2n) is 14.5. The largest absolute Gasteiger partial charge is 0.458 e. The number of hydrogen-bond acceptors (Lipinski definition) is 12. The first-order valence-electron chi connectivity index (χ1n) is 17.4. The Kier molecular flexibility index (Phi) is 13.5. The van der Waals surface area contributed by atoms with Crippen molar-refractivity contribution < 1.29 is 47.6 Å². The van der Waals surface area contributed by atoms with E-state index in [9.17, 15) is 14.4 Å². The van der Waals surface area contributed by atoms with Gasteiger partial charge in [-0.15, -0.1) is 0 Å². The zero-order valence-corrected chi connectivity index (χ0v) is 31.6. The van der Waals surface area contributed by atoms with Gasteiger partial charge in [-0.3, -0.25) is 9.59 Å². The van der Waals surface area contributed by atoms with Gasteiger partial charge in [0.05, 0.1) is 29.6 Å². The highest BCUT2D eigenvalue weighted by Gasteiger charge is 2.60. The maximum Gasteiger partial charge on any atom is 0.410 e. The number of methoxy groups -OCH3 is 2. The highest BCUT2D eigenvalue weighted by molar-refractivity contribution is 6.00. The van der Waals surface area contributed by atoms with Crippen LogP contribution in [0.25, 0.3) is 0 Å². The van der Waals surface area contributed by atoms with E-state index >= 15 is 0 Å². The minimum absolute atomic E-state index is 0.00526. The zero-order valence-electron chi connectivity index (χ0n) is 31.6. The molecule has 0 bridgehead atoms. The molecule has 0 spiro atoms. The van der Waals surface area contributed by atoms with Crippen molar-refractivity contribution in [3.63, 3.8) is 0 Å². The first kappa shape index (κ1) is 40.1. The molecule has 0 aliphatic carbocycles. The molecule has 3 aliphatic rings. The van der Waals surface area contributed by atoms with E-state index in [1.807, 2.05) is 55.6 Å². The SMILES string of the molecule is CC[C@H]1OC(=O)C(C)C(=O)C(C)C(OC2OC(C)CC(N(C)C)C2OC)C(C)(OC)CC(C)/C(=N/OC)C(C)C2N(CC)C(=O)OC21C. The Hall–Kier alpha value is -2.32. The van der Waals surface area contributed by atoms with Gasteiger partial charge < -0.3 is 43.1 Å². The summed E-state index contributed by atoms with van der Waals surface area (Å²) in [7, 11) is 8.67. The van der Waals surface area contributed by atoms with Gasteiger partial charge in [0.1, 0.15) is 25.2 Å². The summed E-state index contributed by atoms with van der Waals surface area (Å²) in [5, 5.41) is 4.52. The van der Waals surface area contributed by atoms with E-state index in [1.165, 1.54) is 7.11 Å². The number of rotatable bonds is 8. The number of oxime groups is 1. The number of fused-ring (bicyclic) bond motifs is 1. The van der Waals surface area contributed by atoms with E-state index in [-0.39, 0.29) is 29.8 Å². The third-order valence-electron chi connectivity index (χ3n) is 11.0. The summed E-state index contributed by atoms with van der Waals surface area (Å²) in [6.45, 7) is 17.1. The Morgan fingerprint density at radius 1 is 1.00 bits per heavy atom. The lowest BCUT2D eigenvalue weighted by molar-refractivity contribution is -0.299. The van der Waals surface area contributed by atoms with Crippen LogP contribution in [0.3, 0.4) is 0 Å². The second kappa shape index (κ2) is 16.1. The molecule has 0 N–H and O–H groups in total. The van der Waals surface area contributed by atoms with Crippen LogP contribution in [-0.2, 0) is 42.8 Å². The van der Waals surface area contributed by atoms with Crippen molar-refractivity contribution in [2.75, 3.05) is 42.0 Å². The lowest BCUT2D eigenvalue weighted by atomic mass is 9.73. The molecule has 12 unspecified atom stereocenters. The van der Waals surface area contributed by atoms with E-state index in [1.54, 1.807) is 39.9 Å². The molecule has 0 aromatic rings. The standard InChI is InChI=1S/C35H61N3O10/c1-15-25-35(9)29(38(16-2)33(41)48-35)21(5)26(36-44-14)19(3)18-34(8,43-13)30(22(6)27(39)23(7)31(40)46-25)47-32-28(42-12)24(37(10)11)17-20(4)45-32/h19-25,28-30,32H,15-18H2,1-14H3/b36-26-/t19?,20?,21?,22?,23?,24?,25-,28?,29?,30?,32?,34?,35?/m1/s1. The van der Waals surface area contributed by atoms with E-state index in [2.05, 4.69) is 10.1 Å². The molecule has 3 fully saturated rings. The van der Waals surface area contributed by atoms with Crippen LogP contribution >= 0.6 is 0 Å². The Labute approximate surface area is 287 Å². The summed E-state index contributed by atoms with van der Waals surface area (Å²) >= 11 is 0. The van der Waals surface area contributed by atoms with E-state index in [4.69, 9.17) is 33.3 Å². The summed E-state index contributed by atoms with van der Waals surface area (Å²) in [5.74, 6) is -3.69. The molecule has 0 saturated carbocycles. The fraction of sp³-hybridized carbons (Fsp3) is 0.886.